The van der Waals surface area contributed by atoms with E-state index in [0.717, 1.165) is 16.5 Å². The van der Waals surface area contributed by atoms with Crippen molar-refractivity contribution in [2.24, 2.45) is 7.05 Å². The Morgan fingerprint density at radius 1 is 1.12 bits per heavy atom. The number of amides is 1. The third kappa shape index (κ3) is 3.61. The van der Waals surface area contributed by atoms with Crippen LogP contribution in [0.3, 0.4) is 0 Å². The Morgan fingerprint density at radius 2 is 1.77 bits per heavy atom. The molecule has 0 saturated heterocycles. The fraction of sp³-hybridized carbons (Fsp3) is 0.211. The zero-order chi connectivity index (χ0) is 19.1. The molecular weight excluding hydrogens is 372 g/mol. The topological polar surface area (TPSA) is 68.2 Å². The van der Waals surface area contributed by atoms with Gasteiger partial charge in [0.25, 0.3) is 5.91 Å². The van der Waals surface area contributed by atoms with Crippen molar-refractivity contribution >= 4 is 38.2 Å². The van der Waals surface area contributed by atoms with Crippen molar-refractivity contribution < 1.29 is 13.2 Å². The summed E-state index contributed by atoms with van der Waals surface area (Å²) in [4.78, 5) is 12.9. The average Bonchev–Trinajstić information content (AvgIpc) is 2.90. The first-order valence-electron chi connectivity index (χ1n) is 8.02. The molecule has 1 aromatic heterocycles. The summed E-state index contributed by atoms with van der Waals surface area (Å²) in [5.41, 5.74) is 2.28. The van der Waals surface area contributed by atoms with Gasteiger partial charge in [0.15, 0.2) is 9.84 Å². The fourth-order valence-electron chi connectivity index (χ4n) is 2.90. The predicted molar refractivity (Wildman–Crippen MR) is 103 cm³/mol. The zero-order valence-corrected chi connectivity index (χ0v) is 16.2. The lowest BCUT2D eigenvalue weighted by atomic mass is 10.1. The molecule has 26 heavy (non-hydrogen) atoms. The van der Waals surface area contributed by atoms with Crippen molar-refractivity contribution in [1.82, 2.24) is 9.88 Å². The fourth-order valence-corrected chi connectivity index (χ4v) is 3.71. The number of nitrogens with zero attached hydrogens (tertiary/aromatic N) is 1. The highest BCUT2D eigenvalue weighted by molar-refractivity contribution is 7.90. The molecule has 0 radical (unpaired) electrons. The van der Waals surface area contributed by atoms with Gasteiger partial charge in [-0.05, 0) is 48.9 Å². The van der Waals surface area contributed by atoms with E-state index in [4.69, 9.17) is 11.6 Å². The molecule has 0 bridgehead atoms. The van der Waals surface area contributed by atoms with Gasteiger partial charge in [-0.25, -0.2) is 8.42 Å². The van der Waals surface area contributed by atoms with Gasteiger partial charge >= 0.3 is 0 Å². The van der Waals surface area contributed by atoms with Crippen molar-refractivity contribution in [2.75, 3.05) is 6.26 Å². The summed E-state index contributed by atoms with van der Waals surface area (Å²) in [6.07, 6.45) is 1.17. The molecule has 2 aromatic carbocycles. The molecule has 1 amide bonds. The largest absolute Gasteiger partial charge is 0.344 e. The molecule has 0 spiro atoms. The van der Waals surface area contributed by atoms with Crippen LogP contribution in [0.25, 0.3) is 10.9 Å². The highest BCUT2D eigenvalue weighted by Crippen LogP contribution is 2.23. The van der Waals surface area contributed by atoms with Gasteiger partial charge < -0.3 is 9.88 Å². The third-order valence-electron chi connectivity index (χ3n) is 4.39. The Hall–Kier alpha value is -2.31. The van der Waals surface area contributed by atoms with Crippen molar-refractivity contribution in [3.8, 4) is 0 Å². The van der Waals surface area contributed by atoms with Gasteiger partial charge in [-0.15, -0.1) is 0 Å². The summed E-state index contributed by atoms with van der Waals surface area (Å²) in [6, 6.07) is 13.5. The monoisotopic (exact) mass is 390 g/mol. The molecule has 0 saturated carbocycles. The molecule has 0 aliphatic rings. The van der Waals surface area contributed by atoms with Crippen LogP contribution in [0.1, 0.15) is 29.0 Å². The van der Waals surface area contributed by atoms with E-state index in [1.807, 2.05) is 30.7 Å². The number of hydrogen-bond donors (Lipinski definition) is 1. The number of benzene rings is 2. The molecule has 0 unspecified atom stereocenters. The lowest BCUT2D eigenvalue weighted by Crippen LogP contribution is -2.28. The van der Waals surface area contributed by atoms with Crippen LogP contribution in [-0.4, -0.2) is 25.1 Å². The van der Waals surface area contributed by atoms with Crippen molar-refractivity contribution in [3.05, 3.63) is 64.8 Å². The first-order chi connectivity index (χ1) is 12.2. The second-order valence-corrected chi connectivity index (χ2v) is 8.78. The van der Waals surface area contributed by atoms with E-state index in [2.05, 4.69) is 5.32 Å². The molecule has 0 aliphatic carbocycles. The van der Waals surface area contributed by atoms with E-state index in [1.54, 1.807) is 36.4 Å². The van der Waals surface area contributed by atoms with Crippen LogP contribution in [-0.2, 0) is 16.9 Å². The second kappa shape index (κ2) is 6.78. The summed E-state index contributed by atoms with van der Waals surface area (Å²) < 4.78 is 24.9. The Balaban J connectivity index is 1.82. The van der Waals surface area contributed by atoms with E-state index in [9.17, 15) is 13.2 Å². The standard InChI is InChI=1S/C19H19ClN2O3S/c1-12(13-4-7-16(8-5-13)26(3,24)25)21-19(23)18-11-14-10-15(20)6-9-17(14)22(18)2/h4-12H,1-3H3,(H,21,23)/t12-/m1/s1. The molecule has 136 valence electrons. The Labute approximate surface area is 157 Å². The molecule has 1 heterocycles. The maximum Gasteiger partial charge on any atom is 0.268 e. The highest BCUT2D eigenvalue weighted by atomic mass is 35.5. The van der Waals surface area contributed by atoms with E-state index >= 15 is 0 Å². The molecule has 1 atom stereocenters. The van der Waals surface area contributed by atoms with Crippen LogP contribution in [0.15, 0.2) is 53.4 Å². The number of fused-ring (bicyclic) bond motifs is 1. The number of nitrogens with one attached hydrogen (secondary N) is 1. The van der Waals surface area contributed by atoms with Gasteiger partial charge in [0.1, 0.15) is 5.69 Å². The SMILES string of the molecule is C[C@@H](NC(=O)c1cc2cc(Cl)ccc2n1C)c1ccc(S(C)(=O)=O)cc1. The van der Waals surface area contributed by atoms with Gasteiger partial charge in [-0.2, -0.15) is 0 Å². The molecular formula is C19H19ClN2O3S. The summed E-state index contributed by atoms with van der Waals surface area (Å²) in [5, 5.41) is 4.46. The number of aromatic nitrogens is 1. The first kappa shape index (κ1) is 18.5. The number of carbonyl (C=O) groups excluding carboxylic acids is 1. The highest BCUT2D eigenvalue weighted by Gasteiger charge is 2.17. The van der Waals surface area contributed by atoms with Crippen molar-refractivity contribution in [3.63, 3.8) is 0 Å². The number of sulfone groups is 1. The van der Waals surface area contributed by atoms with Crippen LogP contribution >= 0.6 is 11.6 Å². The van der Waals surface area contributed by atoms with Crippen LogP contribution in [0.5, 0.6) is 0 Å². The maximum absolute atomic E-state index is 12.7. The second-order valence-electron chi connectivity index (χ2n) is 6.33. The van der Waals surface area contributed by atoms with Gasteiger partial charge in [0.2, 0.25) is 0 Å². The van der Waals surface area contributed by atoms with E-state index < -0.39 is 9.84 Å². The minimum Gasteiger partial charge on any atom is -0.344 e. The zero-order valence-electron chi connectivity index (χ0n) is 14.7. The smallest absolute Gasteiger partial charge is 0.268 e. The van der Waals surface area contributed by atoms with E-state index in [-0.39, 0.29) is 16.8 Å². The summed E-state index contributed by atoms with van der Waals surface area (Å²) in [7, 11) is -1.41. The van der Waals surface area contributed by atoms with Gasteiger partial charge in [-0.1, -0.05) is 23.7 Å². The lowest BCUT2D eigenvalue weighted by molar-refractivity contribution is 0.0932. The summed E-state index contributed by atoms with van der Waals surface area (Å²) in [5.74, 6) is -0.209. The molecule has 1 N–H and O–H groups in total. The average molecular weight is 391 g/mol. The number of halogens is 1. The van der Waals surface area contributed by atoms with Crippen LogP contribution in [0.2, 0.25) is 5.02 Å². The molecule has 3 rings (SSSR count). The first-order valence-corrected chi connectivity index (χ1v) is 10.3. The predicted octanol–water partition coefficient (Wildman–Crippen LogP) is 3.73. The number of rotatable bonds is 4. The summed E-state index contributed by atoms with van der Waals surface area (Å²) in [6.45, 7) is 1.85. The number of hydrogen-bond acceptors (Lipinski definition) is 3. The van der Waals surface area contributed by atoms with Gasteiger partial charge in [-0.3, -0.25) is 4.79 Å². The van der Waals surface area contributed by atoms with Gasteiger partial charge in [0, 0.05) is 29.2 Å². The lowest BCUT2D eigenvalue weighted by Gasteiger charge is -2.15. The Morgan fingerprint density at radius 3 is 2.38 bits per heavy atom. The normalized spacial score (nSPS) is 12.9. The minimum absolute atomic E-state index is 0.209. The van der Waals surface area contributed by atoms with Crippen molar-refractivity contribution in [1.29, 1.82) is 0 Å². The molecule has 0 aliphatic heterocycles. The third-order valence-corrected chi connectivity index (χ3v) is 5.76. The maximum atomic E-state index is 12.7. The Bertz CT molecular complexity index is 1090. The Kier molecular flexibility index (Phi) is 4.82. The van der Waals surface area contributed by atoms with Crippen LogP contribution in [0, 0.1) is 0 Å². The van der Waals surface area contributed by atoms with E-state index in [1.165, 1.54) is 6.26 Å². The molecule has 5 nitrogen and oxygen atoms in total. The number of aryl methyl sites for hydroxylation is 1. The molecule has 3 aromatic rings. The quantitative estimate of drug-likeness (QED) is 0.738. The summed E-state index contributed by atoms with van der Waals surface area (Å²) >= 11 is 6.02. The molecule has 0 fully saturated rings. The van der Waals surface area contributed by atoms with Crippen LogP contribution in [0.4, 0.5) is 0 Å². The van der Waals surface area contributed by atoms with Crippen molar-refractivity contribution in [2.45, 2.75) is 17.9 Å². The van der Waals surface area contributed by atoms with Crippen LogP contribution < -0.4 is 5.32 Å². The number of carbonyl (C=O) groups is 1. The van der Waals surface area contributed by atoms with Gasteiger partial charge in [0.05, 0.1) is 10.9 Å². The van der Waals surface area contributed by atoms with E-state index in [0.29, 0.717) is 10.7 Å². The minimum atomic E-state index is -3.24. The molecule has 7 heteroatoms.